The Kier molecular flexibility index (Phi) is 3.61. The highest BCUT2D eigenvalue weighted by atomic mass is 19.3. The number of fused-ring (bicyclic) bond motifs is 9. The minimum Gasteiger partial charge on any atom is -0.434 e. The Morgan fingerprint density at radius 1 is 1.30 bits per heavy atom. The number of nitrogens with zero attached hydrogens (tertiary/aromatic N) is 3. The molecule has 33 heavy (non-hydrogen) atoms. The smallest absolute Gasteiger partial charge is 0.387 e. The molecule has 4 heterocycles. The highest BCUT2D eigenvalue weighted by Gasteiger charge is 2.45. The van der Waals surface area contributed by atoms with Crippen LogP contribution in [0.5, 0.6) is 5.75 Å². The molecule has 0 radical (unpaired) electrons. The van der Waals surface area contributed by atoms with Gasteiger partial charge in [0.05, 0.1) is 23.1 Å². The maximum atomic E-state index is 14.4. The van der Waals surface area contributed by atoms with E-state index >= 15 is 0 Å². The molecule has 2 aromatic carbocycles. The van der Waals surface area contributed by atoms with Crippen LogP contribution < -0.4 is 10.1 Å². The molecule has 6 nitrogen and oxygen atoms in total. The Bertz CT molecular complexity index is 1470. The van der Waals surface area contributed by atoms with E-state index < -0.39 is 37.2 Å². The summed E-state index contributed by atoms with van der Waals surface area (Å²) in [6, 6.07) is 7.60. The van der Waals surface area contributed by atoms with Gasteiger partial charge in [-0.2, -0.15) is 8.78 Å². The second-order valence-corrected chi connectivity index (χ2v) is 8.40. The van der Waals surface area contributed by atoms with Gasteiger partial charge in [-0.15, -0.1) is 0 Å². The molecule has 3 aliphatic heterocycles. The maximum Gasteiger partial charge on any atom is 0.387 e. The lowest BCUT2D eigenvalue weighted by atomic mass is 9.97. The summed E-state index contributed by atoms with van der Waals surface area (Å²) in [5, 5.41) is 2.84. The summed E-state index contributed by atoms with van der Waals surface area (Å²) in [4.78, 5) is 18.8. The van der Waals surface area contributed by atoms with Crippen molar-refractivity contribution in [3.05, 3.63) is 58.9 Å². The highest BCUT2D eigenvalue weighted by Crippen LogP contribution is 2.49. The number of carbonyl (C=O) groups is 1. The number of halogens is 3. The van der Waals surface area contributed by atoms with Gasteiger partial charge in [0, 0.05) is 47.3 Å². The fraction of sp³-hybridized carbons (Fsp3) is 0.333. The van der Waals surface area contributed by atoms with Gasteiger partial charge < -0.3 is 19.5 Å². The van der Waals surface area contributed by atoms with Gasteiger partial charge in [-0.3, -0.25) is 4.79 Å². The number of imidazole rings is 1. The third-order valence-corrected chi connectivity index (χ3v) is 6.39. The molecule has 2 bridgehead atoms. The van der Waals surface area contributed by atoms with Crippen LogP contribution >= 0.6 is 0 Å². The normalized spacial score (nSPS) is 24.1. The molecule has 0 unspecified atom stereocenters. The van der Waals surface area contributed by atoms with Gasteiger partial charge in [-0.25, -0.2) is 9.37 Å². The number of rotatable bonds is 2. The monoisotopic (exact) mass is 455 g/mol. The summed E-state index contributed by atoms with van der Waals surface area (Å²) in [5.74, 6) is 4.80. The molecule has 9 heteroatoms. The molecule has 1 aromatic heterocycles. The fourth-order valence-electron chi connectivity index (χ4n) is 4.80. The topological polar surface area (TPSA) is 59.4 Å². The van der Waals surface area contributed by atoms with Crippen LogP contribution in [0.1, 0.15) is 49.9 Å². The van der Waals surface area contributed by atoms with Crippen molar-refractivity contribution in [2.24, 2.45) is 0 Å². The first kappa shape index (κ1) is 17.0. The van der Waals surface area contributed by atoms with Gasteiger partial charge in [0.2, 0.25) is 0 Å². The van der Waals surface area contributed by atoms with E-state index in [0.717, 1.165) is 4.90 Å². The van der Waals surface area contributed by atoms with E-state index in [4.69, 9.17) is 8.85 Å². The lowest BCUT2D eigenvalue weighted by Gasteiger charge is -2.29. The average molecular weight is 455 g/mol. The summed E-state index contributed by atoms with van der Waals surface area (Å²) in [6.07, 6.45) is 0.119. The van der Waals surface area contributed by atoms with Crippen LogP contribution in [0.15, 0.2) is 36.4 Å². The van der Waals surface area contributed by atoms with Crippen LogP contribution in [0, 0.1) is 11.8 Å². The predicted octanol–water partition coefficient (Wildman–Crippen LogP) is 3.42. The van der Waals surface area contributed by atoms with Gasteiger partial charge in [0.25, 0.3) is 5.91 Å². The van der Waals surface area contributed by atoms with Crippen LogP contribution in [0.2, 0.25) is 0 Å². The summed E-state index contributed by atoms with van der Waals surface area (Å²) < 4.78 is 71.6. The van der Waals surface area contributed by atoms with Gasteiger partial charge >= 0.3 is 6.61 Å². The Labute approximate surface area is 191 Å². The molecule has 1 fully saturated rings. The second-order valence-electron chi connectivity index (χ2n) is 8.40. The molecule has 1 saturated heterocycles. The standard InChI is InChI=1S/C24H19F3N4O2/c1-30-18-10-17(20-14(22(30)32)3-2-4-19(20)33-23(25)26)31-16-9-13(5-6-15(16)29-21(18)31)7-8-24(27)11-28-12-24/h2-6,9,17-18,23,28H,10-12H2,1H3/t17-,18-/m1/s1/i1D3. The lowest BCUT2D eigenvalue weighted by molar-refractivity contribution is -0.0507. The van der Waals surface area contributed by atoms with Gasteiger partial charge in [-0.05, 0) is 30.3 Å². The number of carbonyl (C=O) groups excluding carboxylic acids is 1. The first-order valence-electron chi connectivity index (χ1n) is 11.9. The average Bonchev–Trinajstić information content (AvgIpc) is 3.28. The number of alkyl halides is 3. The van der Waals surface area contributed by atoms with Crippen molar-refractivity contribution < 1.29 is 26.8 Å². The minimum absolute atomic E-state index is 0.0166. The number of amides is 1. The highest BCUT2D eigenvalue weighted by molar-refractivity contribution is 5.97. The zero-order valence-corrected chi connectivity index (χ0v) is 17.1. The van der Waals surface area contributed by atoms with Crippen LogP contribution in [0.3, 0.4) is 0 Å². The molecule has 0 saturated carbocycles. The number of hydrogen-bond donors (Lipinski definition) is 1. The van der Waals surface area contributed by atoms with Crippen LogP contribution in [0.25, 0.3) is 11.0 Å². The van der Waals surface area contributed by atoms with Crippen molar-refractivity contribution in [1.82, 2.24) is 19.8 Å². The van der Waals surface area contributed by atoms with E-state index in [9.17, 15) is 18.0 Å². The van der Waals surface area contributed by atoms with E-state index in [-0.39, 0.29) is 36.4 Å². The maximum absolute atomic E-state index is 14.4. The molecule has 2 atom stereocenters. The van der Waals surface area contributed by atoms with Crippen molar-refractivity contribution in [3.63, 3.8) is 0 Å². The SMILES string of the molecule is [2H]C([2H])([2H])N1C(=O)c2cccc(OC(F)F)c2[C@H]2C[C@@H]1c1nc3ccc(C#CC4(F)CNC4)cc3n12. The molecule has 1 amide bonds. The third-order valence-electron chi connectivity index (χ3n) is 6.39. The molecule has 3 aliphatic rings. The van der Waals surface area contributed by atoms with Crippen molar-refractivity contribution in [1.29, 1.82) is 0 Å². The summed E-state index contributed by atoms with van der Waals surface area (Å²) >= 11 is 0. The van der Waals surface area contributed by atoms with Gasteiger partial charge in [0.15, 0.2) is 5.67 Å². The van der Waals surface area contributed by atoms with Crippen molar-refractivity contribution in [3.8, 4) is 17.6 Å². The van der Waals surface area contributed by atoms with Crippen LogP contribution in [-0.4, -0.2) is 52.7 Å². The number of aromatic nitrogens is 2. The van der Waals surface area contributed by atoms with E-state index in [2.05, 4.69) is 22.1 Å². The van der Waals surface area contributed by atoms with Crippen molar-refractivity contribution in [2.45, 2.75) is 30.8 Å². The number of nitrogens with one attached hydrogen (secondary N) is 1. The van der Waals surface area contributed by atoms with Crippen molar-refractivity contribution in [2.75, 3.05) is 20.1 Å². The number of benzene rings is 2. The predicted molar refractivity (Wildman–Crippen MR) is 114 cm³/mol. The van der Waals surface area contributed by atoms with E-state index in [1.54, 1.807) is 22.8 Å². The molecule has 6 rings (SSSR count). The quantitative estimate of drug-likeness (QED) is 0.602. The molecule has 1 N–H and O–H groups in total. The minimum atomic E-state index is -3.14. The van der Waals surface area contributed by atoms with Crippen LogP contribution in [0.4, 0.5) is 13.2 Å². The van der Waals surface area contributed by atoms with Gasteiger partial charge in [-0.1, -0.05) is 17.9 Å². The Morgan fingerprint density at radius 2 is 2.15 bits per heavy atom. The molecule has 0 spiro atoms. The Balaban J connectivity index is 1.57. The third kappa shape index (κ3) is 3.01. The first-order chi connectivity index (χ1) is 17.1. The molecule has 168 valence electrons. The zero-order chi connectivity index (χ0) is 25.4. The van der Waals surface area contributed by atoms with E-state index in [0.29, 0.717) is 22.4 Å². The Hall–Kier alpha value is -3.51. The summed E-state index contributed by atoms with van der Waals surface area (Å²) in [6.45, 7) is -5.64. The summed E-state index contributed by atoms with van der Waals surface area (Å²) in [7, 11) is 0. The Morgan fingerprint density at radius 3 is 2.88 bits per heavy atom. The van der Waals surface area contributed by atoms with Crippen LogP contribution in [-0.2, 0) is 0 Å². The first-order valence-corrected chi connectivity index (χ1v) is 10.4. The molecule has 3 aromatic rings. The lowest BCUT2D eigenvalue weighted by Crippen LogP contribution is -2.55. The van der Waals surface area contributed by atoms with Gasteiger partial charge in [0.1, 0.15) is 11.6 Å². The van der Waals surface area contributed by atoms with E-state index in [1.165, 1.54) is 18.2 Å². The van der Waals surface area contributed by atoms with Crippen molar-refractivity contribution >= 4 is 16.9 Å². The van der Waals surface area contributed by atoms with E-state index in [1.807, 2.05) is 0 Å². The summed E-state index contributed by atoms with van der Waals surface area (Å²) in [5.41, 5.74) is 0.175. The molecular weight excluding hydrogens is 433 g/mol. The zero-order valence-electron chi connectivity index (χ0n) is 20.1. The largest absolute Gasteiger partial charge is 0.434 e. The fourth-order valence-corrected chi connectivity index (χ4v) is 4.80. The molecular formula is C24H19F3N4O2. The second kappa shape index (κ2) is 6.99. The molecule has 0 aliphatic carbocycles. The number of ether oxygens (including phenoxy) is 1. The number of hydrogen-bond acceptors (Lipinski definition) is 4.